The maximum Gasteiger partial charge on any atom is 0.246 e. The van der Waals surface area contributed by atoms with Gasteiger partial charge < -0.3 is 15.8 Å². The highest BCUT2D eigenvalue weighted by Crippen LogP contribution is 2.30. The van der Waals surface area contributed by atoms with Gasteiger partial charge in [0, 0.05) is 6.61 Å². The number of rotatable bonds is 2. The summed E-state index contributed by atoms with van der Waals surface area (Å²) in [6, 6.07) is 5.25. The maximum atomic E-state index is 12.0. The third-order valence-electron chi connectivity index (χ3n) is 2.70. The van der Waals surface area contributed by atoms with Crippen LogP contribution in [0.25, 0.3) is 0 Å². The van der Waals surface area contributed by atoms with Crippen LogP contribution in [0.2, 0.25) is 5.02 Å². The Kier molecular flexibility index (Phi) is 3.73. The van der Waals surface area contributed by atoms with E-state index in [4.69, 9.17) is 22.1 Å². The second-order valence-electron chi connectivity index (χ2n) is 4.01. The van der Waals surface area contributed by atoms with Crippen LogP contribution in [-0.4, -0.2) is 24.7 Å². The summed E-state index contributed by atoms with van der Waals surface area (Å²) in [6.45, 7) is 0.762. The van der Waals surface area contributed by atoms with E-state index in [-0.39, 0.29) is 12.5 Å². The van der Waals surface area contributed by atoms with Crippen molar-refractivity contribution >= 4 is 39.1 Å². The number of anilines is 1. The molecule has 0 bridgehead atoms. The van der Waals surface area contributed by atoms with E-state index in [0.717, 1.165) is 0 Å². The lowest BCUT2D eigenvalue weighted by atomic mass is 9.99. The molecule has 0 aliphatic carbocycles. The number of amides is 1. The highest BCUT2D eigenvalue weighted by atomic mass is 79.9. The van der Waals surface area contributed by atoms with Gasteiger partial charge in [-0.1, -0.05) is 17.7 Å². The van der Waals surface area contributed by atoms with E-state index in [2.05, 4.69) is 21.2 Å². The molecule has 0 radical (unpaired) electrons. The third kappa shape index (κ3) is 2.63. The fraction of sp³-hybridized carbons (Fsp3) is 0.364. The number of benzene rings is 1. The minimum atomic E-state index is -0.943. The van der Waals surface area contributed by atoms with Crippen molar-refractivity contribution in [3.05, 3.63) is 27.7 Å². The molecule has 1 aliphatic heterocycles. The van der Waals surface area contributed by atoms with Gasteiger partial charge >= 0.3 is 0 Å². The number of carbonyl (C=O) groups excluding carboxylic acids is 1. The number of ether oxygens (including phenoxy) is 1. The molecular formula is C11H12BrClN2O2. The minimum Gasteiger partial charge on any atom is -0.379 e. The average molecular weight is 320 g/mol. The molecule has 1 heterocycles. The molecule has 1 unspecified atom stereocenters. The second-order valence-corrected chi connectivity index (χ2v) is 5.21. The molecule has 4 nitrogen and oxygen atoms in total. The monoisotopic (exact) mass is 318 g/mol. The molecule has 92 valence electrons. The van der Waals surface area contributed by atoms with Crippen LogP contribution in [0.3, 0.4) is 0 Å². The summed E-state index contributed by atoms with van der Waals surface area (Å²) in [5, 5.41) is 3.30. The molecule has 1 fully saturated rings. The molecular weight excluding hydrogens is 307 g/mol. The van der Waals surface area contributed by atoms with E-state index in [1.807, 2.05) is 0 Å². The Labute approximate surface area is 113 Å². The quantitative estimate of drug-likeness (QED) is 0.878. The van der Waals surface area contributed by atoms with Gasteiger partial charge in [0.1, 0.15) is 5.54 Å². The SMILES string of the molecule is NC1(C(=O)Nc2cccc(Cl)c2Br)CCOC1. The standard InChI is InChI=1S/C11H12BrClN2O2/c12-9-7(13)2-1-3-8(9)15-10(16)11(14)4-5-17-6-11/h1-3H,4-6,14H2,(H,15,16). The Hall–Kier alpha value is -0.620. The highest BCUT2D eigenvalue weighted by Gasteiger charge is 2.38. The van der Waals surface area contributed by atoms with Crippen LogP contribution in [0, 0.1) is 0 Å². The molecule has 1 atom stereocenters. The van der Waals surface area contributed by atoms with Gasteiger partial charge in [-0.15, -0.1) is 0 Å². The van der Waals surface area contributed by atoms with Crippen LogP contribution in [0.1, 0.15) is 6.42 Å². The number of nitrogens with two attached hydrogens (primary N) is 1. The van der Waals surface area contributed by atoms with E-state index < -0.39 is 5.54 Å². The average Bonchev–Trinajstić information content (AvgIpc) is 2.73. The Morgan fingerprint density at radius 1 is 1.59 bits per heavy atom. The second kappa shape index (κ2) is 4.94. The van der Waals surface area contributed by atoms with Crippen molar-refractivity contribution < 1.29 is 9.53 Å². The first kappa shape index (κ1) is 12.8. The van der Waals surface area contributed by atoms with Crippen molar-refractivity contribution in [3.63, 3.8) is 0 Å². The maximum absolute atomic E-state index is 12.0. The summed E-state index contributed by atoms with van der Waals surface area (Å²) in [6.07, 6.45) is 0.525. The largest absolute Gasteiger partial charge is 0.379 e. The summed E-state index contributed by atoms with van der Waals surface area (Å²) in [5.41, 5.74) is 5.62. The number of hydrogen-bond donors (Lipinski definition) is 2. The topological polar surface area (TPSA) is 64.4 Å². The van der Waals surface area contributed by atoms with Gasteiger partial charge in [-0.3, -0.25) is 4.79 Å². The molecule has 1 aromatic carbocycles. The Balaban J connectivity index is 2.16. The Bertz CT molecular complexity index is 447. The zero-order chi connectivity index (χ0) is 12.5. The minimum absolute atomic E-state index is 0.247. The summed E-state index contributed by atoms with van der Waals surface area (Å²) >= 11 is 9.25. The number of nitrogens with one attached hydrogen (secondary N) is 1. The van der Waals surface area contributed by atoms with Crippen LogP contribution in [0.15, 0.2) is 22.7 Å². The number of hydrogen-bond acceptors (Lipinski definition) is 3. The van der Waals surface area contributed by atoms with Gasteiger partial charge in [-0.25, -0.2) is 0 Å². The summed E-state index contributed by atoms with van der Waals surface area (Å²) in [7, 11) is 0. The number of halogens is 2. The summed E-state index contributed by atoms with van der Waals surface area (Å²) in [4.78, 5) is 12.0. The van der Waals surface area contributed by atoms with Gasteiger partial charge in [-0.05, 0) is 34.5 Å². The molecule has 6 heteroatoms. The van der Waals surface area contributed by atoms with Crippen molar-refractivity contribution in [1.29, 1.82) is 0 Å². The first-order valence-electron chi connectivity index (χ1n) is 5.15. The third-order valence-corrected chi connectivity index (χ3v) is 4.10. The lowest BCUT2D eigenvalue weighted by Crippen LogP contribution is -2.51. The highest BCUT2D eigenvalue weighted by molar-refractivity contribution is 9.10. The van der Waals surface area contributed by atoms with E-state index in [0.29, 0.717) is 28.2 Å². The molecule has 1 amide bonds. The molecule has 1 aliphatic rings. The lowest BCUT2D eigenvalue weighted by Gasteiger charge is -2.21. The van der Waals surface area contributed by atoms with E-state index in [9.17, 15) is 4.79 Å². The van der Waals surface area contributed by atoms with Crippen molar-refractivity contribution in [2.75, 3.05) is 18.5 Å². The fourth-order valence-electron chi connectivity index (χ4n) is 1.61. The van der Waals surface area contributed by atoms with Gasteiger partial charge in [0.25, 0.3) is 0 Å². The number of carbonyl (C=O) groups is 1. The molecule has 1 saturated heterocycles. The molecule has 1 aromatic rings. The fourth-order valence-corrected chi connectivity index (χ4v) is 2.14. The first-order valence-corrected chi connectivity index (χ1v) is 6.32. The molecule has 3 N–H and O–H groups in total. The Morgan fingerprint density at radius 2 is 2.35 bits per heavy atom. The van der Waals surface area contributed by atoms with Crippen molar-refractivity contribution in [1.82, 2.24) is 0 Å². The Morgan fingerprint density at radius 3 is 3.00 bits per heavy atom. The first-order chi connectivity index (χ1) is 8.03. The normalized spacial score (nSPS) is 23.7. The lowest BCUT2D eigenvalue weighted by molar-refractivity contribution is -0.121. The van der Waals surface area contributed by atoms with Gasteiger partial charge in [0.15, 0.2) is 0 Å². The van der Waals surface area contributed by atoms with Crippen molar-refractivity contribution in [2.45, 2.75) is 12.0 Å². The molecule has 0 saturated carbocycles. The van der Waals surface area contributed by atoms with E-state index in [1.165, 1.54) is 0 Å². The smallest absolute Gasteiger partial charge is 0.246 e. The van der Waals surface area contributed by atoms with Gasteiger partial charge in [0.2, 0.25) is 5.91 Å². The predicted molar refractivity (Wildman–Crippen MR) is 70.1 cm³/mol. The van der Waals surface area contributed by atoms with Crippen molar-refractivity contribution in [3.8, 4) is 0 Å². The van der Waals surface area contributed by atoms with E-state index >= 15 is 0 Å². The zero-order valence-electron chi connectivity index (χ0n) is 9.00. The summed E-state index contributed by atoms with van der Waals surface area (Å²) in [5.74, 6) is -0.252. The molecule has 2 rings (SSSR count). The molecule has 0 aromatic heterocycles. The van der Waals surface area contributed by atoms with Crippen LogP contribution in [-0.2, 0) is 9.53 Å². The zero-order valence-corrected chi connectivity index (χ0v) is 11.3. The van der Waals surface area contributed by atoms with Crippen LogP contribution >= 0.6 is 27.5 Å². The molecule has 17 heavy (non-hydrogen) atoms. The van der Waals surface area contributed by atoms with E-state index in [1.54, 1.807) is 18.2 Å². The molecule has 0 spiro atoms. The van der Waals surface area contributed by atoms with Crippen LogP contribution < -0.4 is 11.1 Å². The van der Waals surface area contributed by atoms with Gasteiger partial charge in [0.05, 0.1) is 21.8 Å². The van der Waals surface area contributed by atoms with Crippen LogP contribution in [0.5, 0.6) is 0 Å². The van der Waals surface area contributed by atoms with Gasteiger partial charge in [-0.2, -0.15) is 0 Å². The van der Waals surface area contributed by atoms with Crippen molar-refractivity contribution in [2.24, 2.45) is 5.73 Å². The summed E-state index contributed by atoms with van der Waals surface area (Å²) < 4.78 is 5.80. The van der Waals surface area contributed by atoms with Crippen LogP contribution in [0.4, 0.5) is 5.69 Å². The predicted octanol–water partition coefficient (Wildman–Crippen LogP) is 2.16.